The van der Waals surface area contributed by atoms with E-state index in [1.165, 1.54) is 52.8 Å². The van der Waals surface area contributed by atoms with Gasteiger partial charge in [-0.3, -0.25) is 19.7 Å². The van der Waals surface area contributed by atoms with Crippen LogP contribution in [0.25, 0.3) is 10.9 Å². The number of pyridine rings is 1. The number of hydrogen-bond acceptors (Lipinski definition) is 5. The van der Waals surface area contributed by atoms with Crippen LogP contribution in [0.1, 0.15) is 5.69 Å². The standard InChI is InChI=1S/C22H23FN4O4/c1-4-5-16(24-2)13-26-19(14-31-17-8-6-15(23)7-9-17)21-18(12-20(26)28)25-27(22(21)29)10-11-30-3/h4-9,12,25H,1-2,10-11,13-14H2,3H3/b16-5-. The van der Waals surface area contributed by atoms with Gasteiger partial charge < -0.3 is 14.0 Å². The molecule has 3 aromatic rings. The van der Waals surface area contributed by atoms with Crippen molar-refractivity contribution in [3.8, 4) is 5.75 Å². The van der Waals surface area contributed by atoms with Gasteiger partial charge in [0.1, 0.15) is 18.2 Å². The Morgan fingerprint density at radius 3 is 2.68 bits per heavy atom. The van der Waals surface area contributed by atoms with Crippen molar-refractivity contribution in [3.63, 3.8) is 0 Å². The molecule has 2 heterocycles. The normalized spacial score (nSPS) is 11.6. The van der Waals surface area contributed by atoms with E-state index in [1.54, 1.807) is 6.08 Å². The van der Waals surface area contributed by atoms with Gasteiger partial charge in [0, 0.05) is 13.2 Å². The SMILES string of the molecule is C=C/C=C(/Cn1c(COc2ccc(F)cc2)c2c(=O)n(CCOC)[nH]c2cc1=O)N=C. The fourth-order valence-electron chi connectivity index (χ4n) is 3.15. The Balaban J connectivity index is 2.13. The van der Waals surface area contributed by atoms with Gasteiger partial charge in [-0.05, 0) is 37.1 Å². The predicted molar refractivity (Wildman–Crippen MR) is 117 cm³/mol. The molecule has 0 spiro atoms. The quantitative estimate of drug-likeness (QED) is 0.399. The number of fused-ring (bicyclic) bond motifs is 1. The average molecular weight is 426 g/mol. The van der Waals surface area contributed by atoms with E-state index in [0.29, 0.717) is 41.2 Å². The number of halogens is 1. The van der Waals surface area contributed by atoms with Crippen LogP contribution in [-0.2, 0) is 24.4 Å². The highest BCUT2D eigenvalue weighted by molar-refractivity contribution is 5.80. The molecule has 0 radical (unpaired) electrons. The number of hydrogen-bond donors (Lipinski definition) is 1. The third-order valence-corrected chi connectivity index (χ3v) is 4.67. The molecular weight excluding hydrogens is 403 g/mol. The number of aromatic amines is 1. The van der Waals surface area contributed by atoms with E-state index in [0.717, 1.165) is 0 Å². The second kappa shape index (κ2) is 9.86. The number of aliphatic imine (C=N–C) groups is 1. The van der Waals surface area contributed by atoms with Crippen molar-refractivity contribution >= 4 is 17.6 Å². The summed E-state index contributed by atoms with van der Waals surface area (Å²) in [7, 11) is 1.54. The molecule has 0 saturated heterocycles. The second-order valence-corrected chi connectivity index (χ2v) is 6.66. The van der Waals surface area contributed by atoms with Crippen LogP contribution >= 0.6 is 0 Å². The van der Waals surface area contributed by atoms with Gasteiger partial charge in [-0.1, -0.05) is 12.7 Å². The van der Waals surface area contributed by atoms with Crippen molar-refractivity contribution in [1.29, 1.82) is 0 Å². The van der Waals surface area contributed by atoms with Gasteiger partial charge in [0.15, 0.2) is 0 Å². The van der Waals surface area contributed by atoms with Crippen LogP contribution in [0.5, 0.6) is 5.75 Å². The van der Waals surface area contributed by atoms with Gasteiger partial charge in [0.05, 0.1) is 42.0 Å². The second-order valence-electron chi connectivity index (χ2n) is 6.66. The summed E-state index contributed by atoms with van der Waals surface area (Å²) in [5.74, 6) is 0.00522. The predicted octanol–water partition coefficient (Wildman–Crippen LogP) is 2.63. The maximum atomic E-state index is 13.2. The first-order valence-electron chi connectivity index (χ1n) is 9.49. The third kappa shape index (κ3) is 4.89. The van der Waals surface area contributed by atoms with Crippen LogP contribution in [-0.4, -0.2) is 34.8 Å². The van der Waals surface area contributed by atoms with Crippen LogP contribution in [0.2, 0.25) is 0 Å². The number of nitrogens with one attached hydrogen (secondary N) is 1. The van der Waals surface area contributed by atoms with Crippen LogP contribution < -0.4 is 15.9 Å². The lowest BCUT2D eigenvalue weighted by molar-refractivity contribution is 0.183. The Kier molecular flexibility index (Phi) is 6.99. The molecule has 3 rings (SSSR count). The van der Waals surface area contributed by atoms with Crippen molar-refractivity contribution in [2.75, 3.05) is 13.7 Å². The van der Waals surface area contributed by atoms with Gasteiger partial charge in [0.25, 0.3) is 11.1 Å². The Hall–Kier alpha value is -3.72. The molecule has 0 aliphatic rings. The van der Waals surface area contributed by atoms with Gasteiger partial charge in [-0.15, -0.1) is 0 Å². The molecule has 162 valence electrons. The summed E-state index contributed by atoms with van der Waals surface area (Å²) in [5, 5.41) is 3.26. The maximum absolute atomic E-state index is 13.2. The third-order valence-electron chi connectivity index (χ3n) is 4.67. The Morgan fingerprint density at radius 1 is 1.29 bits per heavy atom. The molecule has 0 saturated carbocycles. The molecule has 2 aromatic heterocycles. The van der Waals surface area contributed by atoms with E-state index in [-0.39, 0.29) is 24.3 Å². The largest absolute Gasteiger partial charge is 0.487 e. The summed E-state index contributed by atoms with van der Waals surface area (Å²) >= 11 is 0. The van der Waals surface area contributed by atoms with E-state index >= 15 is 0 Å². The summed E-state index contributed by atoms with van der Waals surface area (Å²) in [4.78, 5) is 29.9. The molecule has 8 nitrogen and oxygen atoms in total. The molecule has 0 amide bonds. The van der Waals surface area contributed by atoms with E-state index in [1.807, 2.05) is 0 Å². The molecule has 0 aliphatic carbocycles. The number of nitrogens with zero attached hydrogens (tertiary/aromatic N) is 3. The highest BCUT2D eigenvalue weighted by Gasteiger charge is 2.18. The van der Waals surface area contributed by atoms with Gasteiger partial charge in [0.2, 0.25) is 0 Å². The summed E-state index contributed by atoms with van der Waals surface area (Å²) < 4.78 is 26.8. The number of H-pyrrole nitrogens is 1. The lowest BCUT2D eigenvalue weighted by Gasteiger charge is -2.14. The molecule has 0 atom stereocenters. The van der Waals surface area contributed by atoms with Crippen LogP contribution in [0.15, 0.2) is 69.3 Å². The Morgan fingerprint density at radius 2 is 2.03 bits per heavy atom. The topological polar surface area (TPSA) is 90.6 Å². The lowest BCUT2D eigenvalue weighted by atomic mass is 10.2. The van der Waals surface area contributed by atoms with Crippen molar-refractivity contribution in [1.82, 2.24) is 14.3 Å². The Labute approximate surface area is 177 Å². The molecule has 9 heteroatoms. The number of methoxy groups -OCH3 is 1. The number of ether oxygens (including phenoxy) is 2. The fraction of sp³-hybridized carbons (Fsp3) is 0.227. The fourth-order valence-corrected chi connectivity index (χ4v) is 3.15. The highest BCUT2D eigenvalue weighted by atomic mass is 19.1. The first kappa shape index (κ1) is 22.0. The Bertz CT molecular complexity index is 1240. The van der Waals surface area contributed by atoms with E-state index in [4.69, 9.17) is 9.47 Å². The minimum atomic E-state index is -0.394. The van der Waals surface area contributed by atoms with Gasteiger partial charge in [-0.2, -0.15) is 0 Å². The number of aromatic nitrogens is 3. The first-order valence-corrected chi connectivity index (χ1v) is 9.49. The molecule has 1 N–H and O–H groups in total. The molecule has 1 aromatic carbocycles. The molecule has 0 fully saturated rings. The maximum Gasteiger partial charge on any atom is 0.276 e. The molecule has 0 aliphatic heterocycles. The molecule has 0 bridgehead atoms. The van der Waals surface area contributed by atoms with Crippen molar-refractivity contribution < 1.29 is 13.9 Å². The number of benzene rings is 1. The van der Waals surface area contributed by atoms with Crippen LogP contribution in [0.3, 0.4) is 0 Å². The summed E-state index contributed by atoms with van der Waals surface area (Å²) in [5.41, 5.74) is 0.599. The monoisotopic (exact) mass is 426 g/mol. The first-order chi connectivity index (χ1) is 15.0. The summed E-state index contributed by atoms with van der Waals surface area (Å²) in [6, 6.07) is 6.84. The average Bonchev–Trinajstić information content (AvgIpc) is 3.07. The molecular formula is C22H23FN4O4. The lowest BCUT2D eigenvalue weighted by Crippen LogP contribution is -2.27. The van der Waals surface area contributed by atoms with Crippen molar-refractivity contribution in [3.05, 3.63) is 87.0 Å². The zero-order valence-electron chi connectivity index (χ0n) is 17.1. The van der Waals surface area contributed by atoms with E-state index in [9.17, 15) is 14.0 Å². The van der Waals surface area contributed by atoms with Gasteiger partial charge in [-0.25, -0.2) is 9.07 Å². The number of allylic oxidation sites excluding steroid dienone is 3. The van der Waals surface area contributed by atoms with Crippen LogP contribution in [0.4, 0.5) is 4.39 Å². The van der Waals surface area contributed by atoms with Crippen LogP contribution in [0, 0.1) is 5.82 Å². The smallest absolute Gasteiger partial charge is 0.276 e. The zero-order chi connectivity index (χ0) is 22.4. The van der Waals surface area contributed by atoms with Crippen molar-refractivity contribution in [2.45, 2.75) is 19.7 Å². The molecule has 31 heavy (non-hydrogen) atoms. The summed E-state index contributed by atoms with van der Waals surface area (Å²) in [6.07, 6.45) is 3.17. The minimum absolute atomic E-state index is 0.0785. The minimum Gasteiger partial charge on any atom is -0.487 e. The molecule has 0 unspecified atom stereocenters. The zero-order valence-corrected chi connectivity index (χ0v) is 17.1. The number of rotatable bonds is 10. The summed E-state index contributed by atoms with van der Waals surface area (Å²) in [6.45, 7) is 7.77. The van der Waals surface area contributed by atoms with Gasteiger partial charge >= 0.3 is 0 Å². The highest BCUT2D eigenvalue weighted by Crippen LogP contribution is 2.18. The van der Waals surface area contributed by atoms with E-state index in [2.05, 4.69) is 23.4 Å². The van der Waals surface area contributed by atoms with E-state index < -0.39 is 5.82 Å². The van der Waals surface area contributed by atoms with Crippen molar-refractivity contribution in [2.24, 2.45) is 4.99 Å².